The highest BCUT2D eigenvalue weighted by molar-refractivity contribution is 8.26. The summed E-state index contributed by atoms with van der Waals surface area (Å²) >= 11 is 6.25. The number of fused-ring (bicyclic) bond motifs is 1. The number of nitrogens with zero attached hydrogens (tertiary/aromatic N) is 1. The van der Waals surface area contributed by atoms with Crippen LogP contribution in [0.15, 0.2) is 47.4 Å². The molecular weight excluding hydrogens is 380 g/mol. The van der Waals surface area contributed by atoms with Gasteiger partial charge in [0.05, 0.1) is 17.1 Å². The lowest BCUT2D eigenvalue weighted by molar-refractivity contribution is -0.121. The summed E-state index contributed by atoms with van der Waals surface area (Å²) in [5.74, 6) is 0.359. The van der Waals surface area contributed by atoms with Crippen molar-refractivity contribution in [1.82, 2.24) is 5.32 Å². The molecule has 1 saturated heterocycles. The predicted molar refractivity (Wildman–Crippen MR) is 111 cm³/mol. The van der Waals surface area contributed by atoms with E-state index < -0.39 is 0 Å². The Morgan fingerprint density at radius 2 is 2.11 bits per heavy atom. The molecule has 2 heterocycles. The molecule has 0 radical (unpaired) electrons. The summed E-state index contributed by atoms with van der Waals surface area (Å²) in [5.41, 5.74) is 3.71. The van der Waals surface area contributed by atoms with Gasteiger partial charge in [-0.1, -0.05) is 59.9 Å². The zero-order valence-corrected chi connectivity index (χ0v) is 16.2. The minimum Gasteiger partial charge on any atom is -0.482 e. The number of aryl methyl sites for hydroxylation is 1. The zero-order chi connectivity index (χ0) is 19.0. The number of benzene rings is 2. The smallest absolute Gasteiger partial charge is 0.265 e. The number of rotatable bonds is 3. The van der Waals surface area contributed by atoms with Crippen molar-refractivity contribution >= 4 is 51.9 Å². The van der Waals surface area contributed by atoms with Crippen LogP contribution in [0.4, 0.5) is 5.69 Å². The van der Waals surface area contributed by atoms with Gasteiger partial charge in [0.1, 0.15) is 10.1 Å². The summed E-state index contributed by atoms with van der Waals surface area (Å²) in [6, 6.07) is 13.6. The molecule has 0 spiro atoms. The minimum atomic E-state index is -0.202. The van der Waals surface area contributed by atoms with E-state index in [0.29, 0.717) is 27.2 Å². The zero-order valence-electron chi connectivity index (χ0n) is 14.5. The highest BCUT2D eigenvalue weighted by atomic mass is 32.2. The highest BCUT2D eigenvalue weighted by Crippen LogP contribution is 2.35. The average molecular weight is 396 g/mol. The van der Waals surface area contributed by atoms with E-state index in [1.54, 1.807) is 11.0 Å². The fraction of sp³-hybridized carbons (Fsp3) is 0.150. The van der Waals surface area contributed by atoms with Gasteiger partial charge in [-0.15, -0.1) is 0 Å². The molecule has 0 unspecified atom stereocenters. The molecule has 2 aliphatic heterocycles. The number of nitrogens with one attached hydrogen (secondary N) is 1. The molecule has 0 bridgehead atoms. The molecule has 0 atom stereocenters. The molecule has 2 aliphatic rings. The van der Waals surface area contributed by atoms with Gasteiger partial charge in [0, 0.05) is 0 Å². The number of thiocarbonyl (C=S) groups is 1. The van der Waals surface area contributed by atoms with Crippen LogP contribution in [0.1, 0.15) is 16.7 Å². The molecule has 4 rings (SSSR count). The summed E-state index contributed by atoms with van der Waals surface area (Å²) in [4.78, 5) is 26.6. The number of hydrogen-bond donors (Lipinski definition) is 1. The Hall–Kier alpha value is -2.64. The van der Waals surface area contributed by atoms with Crippen molar-refractivity contribution < 1.29 is 14.3 Å². The third-order valence-corrected chi connectivity index (χ3v) is 5.45. The molecule has 5 nitrogen and oxygen atoms in total. The van der Waals surface area contributed by atoms with Crippen LogP contribution in [-0.2, 0) is 16.1 Å². The standard InChI is InChI=1S/C20H16N2O3S2/c1-12-3-2-4-14(7-12)10-22-15-8-13(5-6-16(15)25-11-18(22)23)9-17-19(24)21-20(26)27-17/h2-9H,10-11H2,1H3,(H,21,24,26). The molecule has 0 aromatic heterocycles. The molecule has 1 fully saturated rings. The van der Waals surface area contributed by atoms with Crippen molar-refractivity contribution in [3.63, 3.8) is 0 Å². The Bertz CT molecular complexity index is 1000. The van der Waals surface area contributed by atoms with Crippen molar-refractivity contribution in [2.24, 2.45) is 0 Å². The van der Waals surface area contributed by atoms with Crippen molar-refractivity contribution in [3.8, 4) is 5.75 Å². The fourth-order valence-corrected chi connectivity index (χ4v) is 4.09. The normalized spacial score (nSPS) is 17.7. The van der Waals surface area contributed by atoms with Crippen LogP contribution in [0, 0.1) is 6.92 Å². The second-order valence-electron chi connectivity index (χ2n) is 6.34. The van der Waals surface area contributed by atoms with E-state index in [2.05, 4.69) is 11.4 Å². The first kappa shape index (κ1) is 17.8. The number of carbonyl (C=O) groups excluding carboxylic acids is 2. The molecule has 0 saturated carbocycles. The summed E-state index contributed by atoms with van der Waals surface area (Å²) in [7, 11) is 0. The van der Waals surface area contributed by atoms with Crippen molar-refractivity contribution in [2.75, 3.05) is 11.5 Å². The van der Waals surface area contributed by atoms with Gasteiger partial charge < -0.3 is 15.0 Å². The van der Waals surface area contributed by atoms with Crippen LogP contribution >= 0.6 is 24.0 Å². The van der Waals surface area contributed by atoms with Crippen LogP contribution < -0.4 is 15.0 Å². The van der Waals surface area contributed by atoms with E-state index in [4.69, 9.17) is 17.0 Å². The van der Waals surface area contributed by atoms with Crippen LogP contribution in [0.3, 0.4) is 0 Å². The Balaban J connectivity index is 1.68. The maximum Gasteiger partial charge on any atom is 0.265 e. The summed E-state index contributed by atoms with van der Waals surface area (Å²) in [6.45, 7) is 2.51. The Morgan fingerprint density at radius 3 is 2.85 bits per heavy atom. The molecule has 2 amide bonds. The third-order valence-electron chi connectivity index (χ3n) is 4.29. The lowest BCUT2D eigenvalue weighted by atomic mass is 10.1. The second-order valence-corrected chi connectivity index (χ2v) is 8.06. The van der Waals surface area contributed by atoms with Gasteiger partial charge in [0.2, 0.25) is 0 Å². The second kappa shape index (κ2) is 7.17. The largest absolute Gasteiger partial charge is 0.482 e. The van der Waals surface area contributed by atoms with Gasteiger partial charge in [-0.3, -0.25) is 9.59 Å². The molecule has 27 heavy (non-hydrogen) atoms. The van der Waals surface area contributed by atoms with Gasteiger partial charge in [-0.2, -0.15) is 0 Å². The molecule has 2 aromatic carbocycles. The molecule has 136 valence electrons. The van der Waals surface area contributed by atoms with E-state index in [0.717, 1.165) is 16.7 Å². The summed E-state index contributed by atoms with van der Waals surface area (Å²) < 4.78 is 6.02. The van der Waals surface area contributed by atoms with E-state index in [-0.39, 0.29) is 18.4 Å². The van der Waals surface area contributed by atoms with Gasteiger partial charge in [-0.05, 0) is 36.3 Å². The average Bonchev–Trinajstić information content (AvgIpc) is 2.95. The Morgan fingerprint density at radius 1 is 1.26 bits per heavy atom. The fourth-order valence-electron chi connectivity index (χ4n) is 3.05. The lowest BCUT2D eigenvalue weighted by Gasteiger charge is -2.30. The molecule has 1 N–H and O–H groups in total. The first-order chi connectivity index (χ1) is 13.0. The molecule has 7 heteroatoms. The van der Waals surface area contributed by atoms with Gasteiger partial charge >= 0.3 is 0 Å². The predicted octanol–water partition coefficient (Wildman–Crippen LogP) is 3.41. The first-order valence-corrected chi connectivity index (χ1v) is 9.60. The molecule has 2 aromatic rings. The van der Waals surface area contributed by atoms with Crippen LogP contribution in [0.5, 0.6) is 5.75 Å². The highest BCUT2D eigenvalue weighted by Gasteiger charge is 2.27. The number of amides is 2. The summed E-state index contributed by atoms with van der Waals surface area (Å²) in [6.07, 6.45) is 1.77. The quantitative estimate of drug-likeness (QED) is 0.636. The number of ether oxygens (including phenoxy) is 1. The minimum absolute atomic E-state index is 0.0196. The van der Waals surface area contributed by atoms with Crippen molar-refractivity contribution in [3.05, 3.63) is 64.1 Å². The first-order valence-electron chi connectivity index (χ1n) is 8.37. The molecule has 0 aliphatic carbocycles. The van der Waals surface area contributed by atoms with Crippen LogP contribution in [0.2, 0.25) is 0 Å². The number of thioether (sulfide) groups is 1. The van der Waals surface area contributed by atoms with Crippen LogP contribution in [-0.4, -0.2) is 22.7 Å². The third kappa shape index (κ3) is 3.74. The topological polar surface area (TPSA) is 58.6 Å². The van der Waals surface area contributed by atoms with Crippen molar-refractivity contribution in [1.29, 1.82) is 0 Å². The SMILES string of the molecule is Cc1cccc(CN2C(=O)COc3ccc(C=C4SC(=S)NC4=O)cc32)c1. The van der Waals surface area contributed by atoms with Crippen LogP contribution in [0.25, 0.3) is 6.08 Å². The summed E-state index contributed by atoms with van der Waals surface area (Å²) in [5, 5.41) is 2.60. The van der Waals surface area contributed by atoms with Gasteiger partial charge in [0.25, 0.3) is 11.8 Å². The monoisotopic (exact) mass is 396 g/mol. The maximum absolute atomic E-state index is 12.5. The van der Waals surface area contributed by atoms with E-state index in [1.807, 2.05) is 43.3 Å². The lowest BCUT2D eigenvalue weighted by Crippen LogP contribution is -2.38. The van der Waals surface area contributed by atoms with E-state index in [9.17, 15) is 9.59 Å². The number of anilines is 1. The Kier molecular flexibility index (Phi) is 4.72. The maximum atomic E-state index is 12.5. The van der Waals surface area contributed by atoms with Crippen molar-refractivity contribution in [2.45, 2.75) is 13.5 Å². The van der Waals surface area contributed by atoms with Gasteiger partial charge in [-0.25, -0.2) is 0 Å². The number of hydrogen-bond acceptors (Lipinski definition) is 5. The van der Waals surface area contributed by atoms with Gasteiger partial charge in [0.15, 0.2) is 6.61 Å². The molecular formula is C20H16N2O3S2. The Labute approximate surface area is 166 Å². The van der Waals surface area contributed by atoms with E-state index in [1.165, 1.54) is 11.8 Å². The van der Waals surface area contributed by atoms with E-state index >= 15 is 0 Å². The number of carbonyl (C=O) groups is 2.